The van der Waals surface area contributed by atoms with E-state index in [0.717, 1.165) is 0 Å². The molecule has 0 unspecified atom stereocenters. The van der Waals surface area contributed by atoms with Crippen molar-refractivity contribution >= 4 is 0 Å². The van der Waals surface area contributed by atoms with Crippen molar-refractivity contribution in [2.45, 2.75) is 59.2 Å². The summed E-state index contributed by atoms with van der Waals surface area (Å²) < 4.78 is 0. The highest BCUT2D eigenvalue weighted by molar-refractivity contribution is 5.20. The molecule has 2 nitrogen and oxygen atoms in total. The van der Waals surface area contributed by atoms with Gasteiger partial charge < -0.3 is 0 Å². The molecule has 0 radical (unpaired) electrons. The summed E-state index contributed by atoms with van der Waals surface area (Å²) in [5.74, 6) is 0.439. The summed E-state index contributed by atoms with van der Waals surface area (Å²) >= 11 is 0. The lowest BCUT2D eigenvalue weighted by molar-refractivity contribution is -0.272. The second-order valence-corrected chi connectivity index (χ2v) is 7.75. The highest BCUT2D eigenvalue weighted by atomic mass is 16.7. The number of hydrogen-bond donors (Lipinski definition) is 0. The van der Waals surface area contributed by atoms with E-state index >= 15 is 0 Å². The van der Waals surface area contributed by atoms with E-state index < -0.39 is 0 Å². The Hall–Kier alpha value is -1.64. The predicted molar refractivity (Wildman–Crippen MR) is 102 cm³/mol. The minimum absolute atomic E-state index is 0.00962. The van der Waals surface area contributed by atoms with E-state index in [0.29, 0.717) is 5.92 Å². The molecule has 2 heteroatoms. The van der Waals surface area contributed by atoms with E-state index in [-0.39, 0.29) is 17.7 Å². The van der Waals surface area contributed by atoms with Crippen molar-refractivity contribution in [1.82, 2.24) is 5.06 Å². The summed E-state index contributed by atoms with van der Waals surface area (Å²) in [6, 6.07) is 21.3. The molecule has 2 aromatic carbocycles. The van der Waals surface area contributed by atoms with Crippen molar-refractivity contribution in [3.63, 3.8) is 0 Å². The summed E-state index contributed by atoms with van der Waals surface area (Å²) in [6.07, 6.45) is 0.00962. The predicted octanol–water partition coefficient (Wildman–Crippen LogP) is 6.18. The normalized spacial score (nSPS) is 14.8. The van der Waals surface area contributed by atoms with Gasteiger partial charge >= 0.3 is 0 Å². The van der Waals surface area contributed by atoms with Crippen LogP contribution >= 0.6 is 0 Å². The molecule has 0 saturated carbocycles. The van der Waals surface area contributed by atoms with Crippen LogP contribution in [-0.4, -0.2) is 10.6 Å². The van der Waals surface area contributed by atoms with Crippen molar-refractivity contribution in [2.24, 2.45) is 5.92 Å². The van der Waals surface area contributed by atoms with Gasteiger partial charge in [0.25, 0.3) is 0 Å². The molecule has 130 valence electrons. The van der Waals surface area contributed by atoms with Gasteiger partial charge in [-0.25, -0.2) is 0 Å². The number of benzene rings is 2. The Balaban J connectivity index is 2.33. The van der Waals surface area contributed by atoms with Gasteiger partial charge in [-0.15, -0.1) is 0 Å². The van der Waals surface area contributed by atoms with Gasteiger partial charge in [-0.05, 0) is 44.7 Å². The molecular formula is C22H31NO. The molecule has 0 heterocycles. The molecule has 2 atom stereocenters. The van der Waals surface area contributed by atoms with Crippen molar-refractivity contribution in [3.05, 3.63) is 71.8 Å². The molecule has 0 aliphatic rings. The molecule has 0 fully saturated rings. The standard InChI is InChI=1S/C22H31NO/c1-17(2)21(20-15-11-8-12-16-20)23(22(4,5)6)24-18(3)19-13-9-7-10-14-19/h7-18,21H,1-6H3/t18-,21-/m0/s1. The molecule has 0 spiro atoms. The van der Waals surface area contributed by atoms with Crippen molar-refractivity contribution in [1.29, 1.82) is 0 Å². The molecule has 0 aromatic heterocycles. The molecule has 2 aromatic rings. The molecule has 0 N–H and O–H groups in total. The smallest absolute Gasteiger partial charge is 0.102 e. The molecule has 24 heavy (non-hydrogen) atoms. The van der Waals surface area contributed by atoms with Crippen LogP contribution in [0.4, 0.5) is 0 Å². The van der Waals surface area contributed by atoms with Crippen LogP contribution < -0.4 is 0 Å². The Morgan fingerprint density at radius 1 is 0.750 bits per heavy atom. The summed E-state index contributed by atoms with van der Waals surface area (Å²) in [4.78, 5) is 6.51. The number of rotatable bonds is 6. The van der Waals surface area contributed by atoms with E-state index in [1.165, 1.54) is 11.1 Å². The van der Waals surface area contributed by atoms with Crippen molar-refractivity contribution < 1.29 is 4.84 Å². The summed E-state index contributed by atoms with van der Waals surface area (Å²) in [7, 11) is 0. The van der Waals surface area contributed by atoms with Crippen molar-refractivity contribution in [3.8, 4) is 0 Å². The van der Waals surface area contributed by atoms with Gasteiger partial charge in [0, 0.05) is 5.54 Å². The SMILES string of the molecule is CC(C)[C@@H](c1ccccc1)N(O[C@@H](C)c1ccccc1)C(C)(C)C. The van der Waals surface area contributed by atoms with E-state index in [9.17, 15) is 0 Å². The maximum absolute atomic E-state index is 6.51. The number of hydrogen-bond acceptors (Lipinski definition) is 2. The fraction of sp³-hybridized carbons (Fsp3) is 0.455. The first kappa shape index (κ1) is 18.7. The lowest BCUT2D eigenvalue weighted by atomic mass is 9.92. The van der Waals surface area contributed by atoms with Gasteiger partial charge in [0.1, 0.15) is 6.10 Å². The first-order chi connectivity index (χ1) is 11.3. The largest absolute Gasteiger partial charge is 0.290 e. The fourth-order valence-electron chi connectivity index (χ4n) is 3.04. The van der Waals surface area contributed by atoms with E-state index in [1.54, 1.807) is 0 Å². The van der Waals surface area contributed by atoms with Crippen molar-refractivity contribution in [2.75, 3.05) is 0 Å². The summed E-state index contributed by atoms with van der Waals surface area (Å²) in [5, 5.41) is 2.19. The van der Waals surface area contributed by atoms with Crippen LogP contribution in [0.2, 0.25) is 0 Å². The molecule has 0 bridgehead atoms. The maximum atomic E-state index is 6.51. The highest BCUT2D eigenvalue weighted by Gasteiger charge is 2.34. The van der Waals surface area contributed by atoms with E-state index in [1.807, 2.05) is 6.07 Å². The average Bonchev–Trinajstić information content (AvgIpc) is 2.55. The maximum Gasteiger partial charge on any atom is 0.102 e. The zero-order valence-electron chi connectivity index (χ0n) is 15.9. The minimum atomic E-state index is -0.103. The Morgan fingerprint density at radius 2 is 1.21 bits per heavy atom. The quantitative estimate of drug-likeness (QED) is 0.588. The average molecular weight is 325 g/mol. The van der Waals surface area contributed by atoms with Crippen LogP contribution in [0.15, 0.2) is 60.7 Å². The van der Waals surface area contributed by atoms with E-state index in [2.05, 4.69) is 101 Å². The Bertz CT molecular complexity index is 601. The van der Waals surface area contributed by atoms with Gasteiger partial charge in [-0.3, -0.25) is 4.84 Å². The van der Waals surface area contributed by atoms with Gasteiger partial charge in [0.15, 0.2) is 0 Å². The molecule has 0 aliphatic carbocycles. The second-order valence-electron chi connectivity index (χ2n) is 7.75. The zero-order chi connectivity index (χ0) is 17.7. The minimum Gasteiger partial charge on any atom is -0.290 e. The Kier molecular flexibility index (Phi) is 6.20. The van der Waals surface area contributed by atoms with Crippen LogP contribution in [0.1, 0.15) is 64.8 Å². The van der Waals surface area contributed by atoms with Gasteiger partial charge in [-0.2, -0.15) is 5.06 Å². The molecule has 0 saturated heterocycles. The lowest BCUT2D eigenvalue weighted by Crippen LogP contribution is -2.46. The van der Waals surface area contributed by atoms with Crippen LogP contribution in [0.25, 0.3) is 0 Å². The first-order valence-corrected chi connectivity index (χ1v) is 8.86. The fourth-order valence-corrected chi connectivity index (χ4v) is 3.04. The lowest BCUT2D eigenvalue weighted by Gasteiger charge is -2.43. The number of hydroxylamine groups is 2. The molecule has 0 amide bonds. The van der Waals surface area contributed by atoms with Gasteiger partial charge in [-0.1, -0.05) is 74.5 Å². The van der Waals surface area contributed by atoms with Gasteiger partial charge in [0.2, 0.25) is 0 Å². The Labute approximate surface area is 147 Å². The summed E-state index contributed by atoms with van der Waals surface area (Å²) in [5.41, 5.74) is 2.39. The zero-order valence-corrected chi connectivity index (χ0v) is 15.9. The second kappa shape index (κ2) is 7.96. The molecule has 2 rings (SSSR count). The third kappa shape index (κ3) is 4.68. The third-order valence-corrected chi connectivity index (χ3v) is 4.23. The third-order valence-electron chi connectivity index (χ3n) is 4.23. The first-order valence-electron chi connectivity index (χ1n) is 8.86. The molecule has 0 aliphatic heterocycles. The van der Waals surface area contributed by atoms with Crippen LogP contribution in [-0.2, 0) is 4.84 Å². The van der Waals surface area contributed by atoms with Gasteiger partial charge in [0.05, 0.1) is 6.04 Å². The number of nitrogens with zero attached hydrogens (tertiary/aromatic N) is 1. The topological polar surface area (TPSA) is 12.5 Å². The monoisotopic (exact) mass is 325 g/mol. The van der Waals surface area contributed by atoms with Crippen LogP contribution in [0, 0.1) is 5.92 Å². The highest BCUT2D eigenvalue weighted by Crippen LogP contribution is 2.36. The van der Waals surface area contributed by atoms with E-state index in [4.69, 9.17) is 4.84 Å². The summed E-state index contributed by atoms with van der Waals surface area (Å²) in [6.45, 7) is 13.3. The van der Waals surface area contributed by atoms with Crippen LogP contribution in [0.3, 0.4) is 0 Å². The molecular weight excluding hydrogens is 294 g/mol. The Morgan fingerprint density at radius 3 is 1.62 bits per heavy atom. The van der Waals surface area contributed by atoms with Crippen LogP contribution in [0.5, 0.6) is 0 Å².